The van der Waals surface area contributed by atoms with E-state index in [0.717, 1.165) is 12.8 Å². The lowest BCUT2D eigenvalue weighted by Crippen LogP contribution is -2.48. The van der Waals surface area contributed by atoms with Crippen molar-refractivity contribution in [3.8, 4) is 0 Å². The SMILES string of the molecule is C[C@H]1CN(C(=O)c2ccc(S(=O)(=O)N3CCCC3)cc2)C[C@H](C)O1. The number of nitrogens with zero attached hydrogens (tertiary/aromatic N) is 2. The fourth-order valence-corrected chi connectivity index (χ4v) is 4.89. The van der Waals surface area contributed by atoms with Crippen LogP contribution in [0.25, 0.3) is 0 Å². The Morgan fingerprint density at radius 2 is 1.58 bits per heavy atom. The van der Waals surface area contributed by atoms with Crippen LogP contribution in [-0.4, -0.2) is 61.9 Å². The zero-order chi connectivity index (χ0) is 17.3. The Hall–Kier alpha value is -1.44. The van der Waals surface area contributed by atoms with Gasteiger partial charge in [-0.2, -0.15) is 4.31 Å². The Labute approximate surface area is 143 Å². The van der Waals surface area contributed by atoms with Crippen molar-refractivity contribution in [1.82, 2.24) is 9.21 Å². The first kappa shape index (κ1) is 17.4. The number of morpholine rings is 1. The number of hydrogen-bond acceptors (Lipinski definition) is 4. The van der Waals surface area contributed by atoms with E-state index in [2.05, 4.69) is 0 Å². The maximum absolute atomic E-state index is 12.6. The molecule has 2 heterocycles. The van der Waals surface area contributed by atoms with Crippen LogP contribution in [0.3, 0.4) is 0 Å². The number of hydrogen-bond donors (Lipinski definition) is 0. The quantitative estimate of drug-likeness (QED) is 0.831. The van der Waals surface area contributed by atoms with Crippen molar-refractivity contribution in [1.29, 1.82) is 0 Å². The van der Waals surface area contributed by atoms with Crippen molar-refractivity contribution >= 4 is 15.9 Å². The maximum atomic E-state index is 12.6. The van der Waals surface area contributed by atoms with Gasteiger partial charge in [-0.05, 0) is 51.0 Å². The van der Waals surface area contributed by atoms with E-state index in [9.17, 15) is 13.2 Å². The summed E-state index contributed by atoms with van der Waals surface area (Å²) in [5.41, 5.74) is 0.511. The predicted octanol–water partition coefficient (Wildman–Crippen LogP) is 1.72. The molecule has 2 aliphatic heterocycles. The molecule has 2 atom stereocenters. The van der Waals surface area contributed by atoms with Crippen LogP contribution in [0.15, 0.2) is 29.2 Å². The zero-order valence-electron chi connectivity index (χ0n) is 14.1. The van der Waals surface area contributed by atoms with Gasteiger partial charge in [0.1, 0.15) is 0 Å². The fourth-order valence-electron chi connectivity index (χ4n) is 3.37. The van der Waals surface area contributed by atoms with Gasteiger partial charge in [0.05, 0.1) is 17.1 Å². The second-order valence-corrected chi connectivity index (χ2v) is 8.54. The van der Waals surface area contributed by atoms with Gasteiger partial charge in [-0.25, -0.2) is 8.42 Å². The molecule has 0 radical (unpaired) electrons. The molecule has 7 heteroatoms. The van der Waals surface area contributed by atoms with Gasteiger partial charge in [-0.15, -0.1) is 0 Å². The number of benzene rings is 1. The van der Waals surface area contributed by atoms with E-state index in [1.807, 2.05) is 13.8 Å². The predicted molar refractivity (Wildman–Crippen MR) is 90.3 cm³/mol. The molecule has 1 aromatic rings. The second kappa shape index (κ2) is 6.82. The molecular weight excluding hydrogens is 328 g/mol. The Morgan fingerprint density at radius 1 is 1.04 bits per heavy atom. The Kier molecular flexibility index (Phi) is 4.94. The summed E-state index contributed by atoms with van der Waals surface area (Å²) in [6.45, 7) is 6.15. The molecule has 2 aliphatic rings. The van der Waals surface area contributed by atoms with Crippen molar-refractivity contribution < 1.29 is 17.9 Å². The molecular formula is C17H24N2O4S. The Balaban J connectivity index is 1.75. The van der Waals surface area contributed by atoms with Gasteiger partial charge in [-0.3, -0.25) is 4.79 Å². The smallest absolute Gasteiger partial charge is 0.254 e. The zero-order valence-corrected chi connectivity index (χ0v) is 15.0. The number of ether oxygens (including phenoxy) is 1. The summed E-state index contributed by atoms with van der Waals surface area (Å²) < 4.78 is 32.2. The number of carbonyl (C=O) groups excluding carboxylic acids is 1. The van der Waals surface area contributed by atoms with Crippen LogP contribution in [0, 0.1) is 0 Å². The lowest BCUT2D eigenvalue weighted by molar-refractivity contribution is -0.0586. The van der Waals surface area contributed by atoms with Gasteiger partial charge < -0.3 is 9.64 Å². The van der Waals surface area contributed by atoms with Crippen molar-refractivity contribution in [2.24, 2.45) is 0 Å². The maximum Gasteiger partial charge on any atom is 0.254 e. The lowest BCUT2D eigenvalue weighted by atomic mass is 10.1. The molecule has 24 heavy (non-hydrogen) atoms. The summed E-state index contributed by atoms with van der Waals surface area (Å²) in [5.74, 6) is -0.0814. The van der Waals surface area contributed by atoms with Gasteiger partial charge in [0, 0.05) is 31.7 Å². The molecule has 3 rings (SSSR count). The minimum absolute atomic E-state index is 0.00696. The summed E-state index contributed by atoms with van der Waals surface area (Å²) in [4.78, 5) is 14.6. The van der Waals surface area contributed by atoms with E-state index in [1.165, 1.54) is 16.4 Å². The van der Waals surface area contributed by atoms with Gasteiger partial charge in [-0.1, -0.05) is 0 Å². The third-order valence-corrected chi connectivity index (χ3v) is 6.42. The molecule has 1 aromatic carbocycles. The van der Waals surface area contributed by atoms with Crippen LogP contribution < -0.4 is 0 Å². The largest absolute Gasteiger partial charge is 0.372 e. The van der Waals surface area contributed by atoms with Crippen LogP contribution in [-0.2, 0) is 14.8 Å². The van der Waals surface area contributed by atoms with Crippen LogP contribution in [0.1, 0.15) is 37.0 Å². The average Bonchev–Trinajstić information content (AvgIpc) is 3.08. The summed E-state index contributed by atoms with van der Waals surface area (Å²) in [5, 5.41) is 0. The highest BCUT2D eigenvalue weighted by atomic mass is 32.2. The minimum Gasteiger partial charge on any atom is -0.372 e. The molecule has 0 aliphatic carbocycles. The van der Waals surface area contributed by atoms with Crippen LogP contribution >= 0.6 is 0 Å². The lowest BCUT2D eigenvalue weighted by Gasteiger charge is -2.35. The standard InChI is InChI=1S/C17H24N2O4S/c1-13-11-18(12-14(2)23-13)17(20)15-5-7-16(8-6-15)24(21,22)19-9-3-4-10-19/h5-8,13-14H,3-4,9-12H2,1-2H3/t13-,14-/m0/s1. The topological polar surface area (TPSA) is 66.9 Å². The first-order valence-electron chi connectivity index (χ1n) is 8.43. The Bertz CT molecular complexity index is 686. The van der Waals surface area contributed by atoms with E-state index in [1.54, 1.807) is 17.0 Å². The highest BCUT2D eigenvalue weighted by Gasteiger charge is 2.29. The van der Waals surface area contributed by atoms with Crippen molar-refractivity contribution in [3.05, 3.63) is 29.8 Å². The molecule has 132 valence electrons. The summed E-state index contributed by atoms with van der Waals surface area (Å²) in [7, 11) is -3.44. The molecule has 2 fully saturated rings. The molecule has 2 saturated heterocycles. The first-order chi connectivity index (χ1) is 11.4. The second-order valence-electron chi connectivity index (χ2n) is 6.60. The van der Waals surface area contributed by atoms with E-state index in [4.69, 9.17) is 4.74 Å². The van der Waals surface area contributed by atoms with Crippen LogP contribution in [0.2, 0.25) is 0 Å². The summed E-state index contributed by atoms with van der Waals surface area (Å²) in [6, 6.07) is 6.29. The summed E-state index contributed by atoms with van der Waals surface area (Å²) in [6.07, 6.45) is 1.83. The minimum atomic E-state index is -3.44. The van der Waals surface area contributed by atoms with E-state index < -0.39 is 10.0 Å². The number of sulfonamides is 1. The normalized spacial score (nSPS) is 25.8. The Morgan fingerprint density at radius 3 is 2.12 bits per heavy atom. The van der Waals surface area contributed by atoms with E-state index >= 15 is 0 Å². The van der Waals surface area contributed by atoms with Gasteiger partial charge in [0.2, 0.25) is 10.0 Å². The molecule has 0 N–H and O–H groups in total. The van der Waals surface area contributed by atoms with Crippen LogP contribution in [0.5, 0.6) is 0 Å². The highest BCUT2D eigenvalue weighted by Crippen LogP contribution is 2.22. The average molecular weight is 352 g/mol. The molecule has 0 spiro atoms. The number of carbonyl (C=O) groups is 1. The third kappa shape index (κ3) is 3.48. The van der Waals surface area contributed by atoms with E-state index in [0.29, 0.717) is 31.7 Å². The molecule has 1 amide bonds. The fraction of sp³-hybridized carbons (Fsp3) is 0.588. The third-order valence-electron chi connectivity index (χ3n) is 4.51. The molecule has 0 bridgehead atoms. The highest BCUT2D eigenvalue weighted by molar-refractivity contribution is 7.89. The van der Waals surface area contributed by atoms with Gasteiger partial charge >= 0.3 is 0 Å². The summed E-state index contributed by atoms with van der Waals surface area (Å²) >= 11 is 0. The number of rotatable bonds is 3. The molecule has 0 saturated carbocycles. The molecule has 0 aromatic heterocycles. The molecule has 6 nitrogen and oxygen atoms in total. The van der Waals surface area contributed by atoms with Crippen molar-refractivity contribution in [2.75, 3.05) is 26.2 Å². The van der Waals surface area contributed by atoms with Crippen molar-refractivity contribution in [2.45, 2.75) is 43.8 Å². The number of amides is 1. The monoisotopic (exact) mass is 352 g/mol. The van der Waals surface area contributed by atoms with Gasteiger partial charge in [0.25, 0.3) is 5.91 Å². The van der Waals surface area contributed by atoms with Crippen LogP contribution in [0.4, 0.5) is 0 Å². The van der Waals surface area contributed by atoms with Gasteiger partial charge in [0.15, 0.2) is 0 Å². The molecule has 0 unspecified atom stereocenters. The van der Waals surface area contributed by atoms with Crippen molar-refractivity contribution in [3.63, 3.8) is 0 Å². The first-order valence-corrected chi connectivity index (χ1v) is 9.87. The van der Waals surface area contributed by atoms with E-state index in [-0.39, 0.29) is 23.0 Å².